The summed E-state index contributed by atoms with van der Waals surface area (Å²) in [7, 11) is 1.66. The van der Waals surface area contributed by atoms with Crippen LogP contribution in [0.15, 0.2) is 12.7 Å². The first-order valence-electron chi connectivity index (χ1n) is 5.03. The largest absolute Gasteiger partial charge is 0.466 e. The van der Waals surface area contributed by atoms with Crippen LogP contribution < -0.4 is 0 Å². The molecule has 0 heterocycles. The number of carbonyl (C=O) groups excluding carboxylic acids is 1. The van der Waals surface area contributed by atoms with Gasteiger partial charge in [-0.3, -0.25) is 4.79 Å². The highest BCUT2D eigenvalue weighted by Crippen LogP contribution is 2.50. The Kier molecular flexibility index (Phi) is 3.69. The number of hydrogen-bond acceptors (Lipinski definition) is 3. The molecule has 80 valence electrons. The molecule has 1 saturated carbocycles. The van der Waals surface area contributed by atoms with Gasteiger partial charge in [-0.15, -0.1) is 6.58 Å². The average Bonchev–Trinajstić information content (AvgIpc) is 2.91. The molecule has 0 aromatic carbocycles. The Balaban J connectivity index is 2.44. The molecule has 2 unspecified atom stereocenters. The van der Waals surface area contributed by atoms with Crippen LogP contribution in [-0.4, -0.2) is 25.3 Å². The summed E-state index contributed by atoms with van der Waals surface area (Å²) in [6, 6.07) is 0. The first-order chi connectivity index (χ1) is 6.70. The van der Waals surface area contributed by atoms with Gasteiger partial charge in [0.15, 0.2) is 0 Å². The fourth-order valence-electron chi connectivity index (χ4n) is 1.78. The maximum atomic E-state index is 11.4. The quantitative estimate of drug-likeness (QED) is 0.483. The van der Waals surface area contributed by atoms with E-state index in [1.807, 2.05) is 13.0 Å². The van der Waals surface area contributed by atoms with E-state index in [2.05, 4.69) is 6.58 Å². The third-order valence-electron chi connectivity index (χ3n) is 2.77. The van der Waals surface area contributed by atoms with Crippen molar-refractivity contribution in [3.05, 3.63) is 12.7 Å². The van der Waals surface area contributed by atoms with E-state index in [9.17, 15) is 4.79 Å². The highest BCUT2D eigenvalue weighted by atomic mass is 16.5. The van der Waals surface area contributed by atoms with E-state index in [1.165, 1.54) is 0 Å². The van der Waals surface area contributed by atoms with Crippen molar-refractivity contribution in [1.82, 2.24) is 0 Å². The molecule has 2 atom stereocenters. The molecule has 0 saturated heterocycles. The van der Waals surface area contributed by atoms with Gasteiger partial charge in [-0.2, -0.15) is 0 Å². The normalized spacial score (nSPS) is 29.7. The van der Waals surface area contributed by atoms with Crippen molar-refractivity contribution in [2.24, 2.45) is 5.92 Å². The van der Waals surface area contributed by atoms with E-state index in [0.29, 0.717) is 6.61 Å². The second-order valence-corrected chi connectivity index (χ2v) is 3.61. The molecule has 3 nitrogen and oxygen atoms in total. The summed E-state index contributed by atoms with van der Waals surface area (Å²) in [5.41, 5.74) is -0.263. The van der Waals surface area contributed by atoms with Crippen molar-refractivity contribution < 1.29 is 14.3 Å². The van der Waals surface area contributed by atoms with Crippen molar-refractivity contribution in [2.75, 3.05) is 13.7 Å². The summed E-state index contributed by atoms with van der Waals surface area (Å²) in [6.45, 7) is 5.92. The van der Waals surface area contributed by atoms with Gasteiger partial charge in [-0.1, -0.05) is 6.08 Å². The predicted molar refractivity (Wildman–Crippen MR) is 53.9 cm³/mol. The van der Waals surface area contributed by atoms with Gasteiger partial charge < -0.3 is 9.47 Å². The lowest BCUT2D eigenvalue weighted by atomic mass is 10.1. The molecular formula is C11H18O3. The lowest BCUT2D eigenvalue weighted by molar-refractivity contribution is -0.147. The Morgan fingerprint density at radius 2 is 2.43 bits per heavy atom. The molecule has 0 aromatic heterocycles. The van der Waals surface area contributed by atoms with Crippen LogP contribution in [0.3, 0.4) is 0 Å². The van der Waals surface area contributed by atoms with Crippen molar-refractivity contribution in [2.45, 2.75) is 31.8 Å². The predicted octanol–water partition coefficient (Wildman–Crippen LogP) is 1.92. The van der Waals surface area contributed by atoms with Crippen LogP contribution in [0.25, 0.3) is 0 Å². The molecular weight excluding hydrogens is 180 g/mol. The number of hydrogen-bond donors (Lipinski definition) is 0. The average molecular weight is 198 g/mol. The van der Waals surface area contributed by atoms with Crippen molar-refractivity contribution in [3.8, 4) is 0 Å². The standard InChI is InChI=1S/C11H18O3/c1-4-6-7-11(13-3)8-9(11)10(12)14-5-2/h4,9H,1,5-8H2,2-3H3. The minimum atomic E-state index is -0.263. The number of carbonyl (C=O) groups is 1. The molecule has 0 bridgehead atoms. The zero-order valence-electron chi connectivity index (χ0n) is 8.91. The van der Waals surface area contributed by atoms with Gasteiger partial charge in [-0.25, -0.2) is 0 Å². The van der Waals surface area contributed by atoms with E-state index >= 15 is 0 Å². The van der Waals surface area contributed by atoms with Gasteiger partial charge in [0.2, 0.25) is 0 Å². The number of allylic oxidation sites excluding steroid dienone is 1. The van der Waals surface area contributed by atoms with Gasteiger partial charge >= 0.3 is 5.97 Å². The Hall–Kier alpha value is -0.830. The zero-order chi connectivity index (χ0) is 10.6. The van der Waals surface area contributed by atoms with Crippen LogP contribution in [0, 0.1) is 5.92 Å². The van der Waals surface area contributed by atoms with Gasteiger partial charge in [0.25, 0.3) is 0 Å². The molecule has 1 fully saturated rings. The second-order valence-electron chi connectivity index (χ2n) is 3.61. The minimum absolute atomic E-state index is 0.0626. The third-order valence-corrected chi connectivity index (χ3v) is 2.77. The van der Waals surface area contributed by atoms with Crippen LogP contribution in [0.2, 0.25) is 0 Å². The Morgan fingerprint density at radius 1 is 1.71 bits per heavy atom. The van der Waals surface area contributed by atoms with E-state index in [0.717, 1.165) is 19.3 Å². The van der Waals surface area contributed by atoms with Crippen molar-refractivity contribution >= 4 is 5.97 Å². The molecule has 14 heavy (non-hydrogen) atoms. The van der Waals surface area contributed by atoms with Crippen LogP contribution in [0.1, 0.15) is 26.2 Å². The fraction of sp³-hybridized carbons (Fsp3) is 0.727. The molecule has 3 heteroatoms. The maximum Gasteiger partial charge on any atom is 0.311 e. The summed E-state index contributed by atoms with van der Waals surface area (Å²) >= 11 is 0. The Bertz CT molecular complexity index is 225. The van der Waals surface area contributed by atoms with Gasteiger partial charge in [-0.05, 0) is 26.2 Å². The van der Waals surface area contributed by atoms with Crippen molar-refractivity contribution in [1.29, 1.82) is 0 Å². The zero-order valence-corrected chi connectivity index (χ0v) is 8.91. The highest BCUT2D eigenvalue weighted by Gasteiger charge is 2.59. The summed E-state index contributed by atoms with van der Waals surface area (Å²) in [4.78, 5) is 11.4. The van der Waals surface area contributed by atoms with Gasteiger partial charge in [0.1, 0.15) is 0 Å². The molecule has 0 amide bonds. The summed E-state index contributed by atoms with van der Waals surface area (Å²) in [5.74, 6) is -0.189. The molecule has 1 aliphatic rings. The minimum Gasteiger partial charge on any atom is -0.466 e. The van der Waals surface area contributed by atoms with E-state index in [4.69, 9.17) is 9.47 Å². The first-order valence-corrected chi connectivity index (χ1v) is 5.03. The summed E-state index contributed by atoms with van der Waals surface area (Å²) in [5, 5.41) is 0. The maximum absolute atomic E-state index is 11.4. The highest BCUT2D eigenvalue weighted by molar-refractivity contribution is 5.77. The molecule has 0 radical (unpaired) electrons. The van der Waals surface area contributed by atoms with E-state index < -0.39 is 0 Å². The number of esters is 1. The Labute approximate surface area is 85.1 Å². The topological polar surface area (TPSA) is 35.5 Å². The monoisotopic (exact) mass is 198 g/mol. The second kappa shape index (κ2) is 4.60. The van der Waals surface area contributed by atoms with E-state index in [1.54, 1.807) is 7.11 Å². The summed E-state index contributed by atoms with van der Waals surface area (Å²) < 4.78 is 10.3. The number of rotatable bonds is 6. The Morgan fingerprint density at radius 3 is 2.93 bits per heavy atom. The summed E-state index contributed by atoms with van der Waals surface area (Å²) in [6.07, 6.45) is 4.37. The molecule has 0 aliphatic heterocycles. The SMILES string of the molecule is C=CCCC1(OC)CC1C(=O)OCC. The van der Waals surface area contributed by atoms with Crippen LogP contribution in [0.5, 0.6) is 0 Å². The first kappa shape index (κ1) is 11.2. The van der Waals surface area contributed by atoms with Gasteiger partial charge in [0, 0.05) is 7.11 Å². The molecule has 0 aromatic rings. The molecule has 0 N–H and O–H groups in total. The number of methoxy groups -OCH3 is 1. The smallest absolute Gasteiger partial charge is 0.311 e. The molecule has 1 aliphatic carbocycles. The van der Waals surface area contributed by atoms with Crippen LogP contribution in [0.4, 0.5) is 0 Å². The lowest BCUT2D eigenvalue weighted by Crippen LogP contribution is -2.20. The third kappa shape index (κ3) is 2.15. The van der Waals surface area contributed by atoms with E-state index in [-0.39, 0.29) is 17.5 Å². The van der Waals surface area contributed by atoms with Crippen LogP contribution >= 0.6 is 0 Å². The van der Waals surface area contributed by atoms with Crippen molar-refractivity contribution in [3.63, 3.8) is 0 Å². The molecule has 1 rings (SSSR count). The fourth-order valence-corrected chi connectivity index (χ4v) is 1.78. The van der Waals surface area contributed by atoms with Gasteiger partial charge in [0.05, 0.1) is 18.1 Å². The van der Waals surface area contributed by atoms with Crippen LogP contribution in [-0.2, 0) is 14.3 Å². The molecule has 0 spiro atoms. The lowest BCUT2D eigenvalue weighted by Gasteiger charge is -2.13. The number of ether oxygens (including phenoxy) is 2.